The molecule has 0 unspecified atom stereocenters. The average Bonchev–Trinajstić information content (AvgIpc) is 3.33. The number of carbonyl (C=O) groups excluding carboxylic acids is 3. The number of aromatic nitrogens is 2. The molecule has 1 fully saturated rings. The number of hydrogen-bond donors (Lipinski definition) is 2. The van der Waals surface area contributed by atoms with Crippen molar-refractivity contribution in [3.05, 3.63) is 88.3 Å². The number of halogens is 3. The summed E-state index contributed by atoms with van der Waals surface area (Å²) >= 11 is 5.99. The van der Waals surface area contributed by atoms with Crippen LogP contribution in [0.4, 0.5) is 8.78 Å². The molecule has 2 N–H and O–H groups in total. The fraction of sp³-hybridized carbons (Fsp3) is 0.267. The highest BCUT2D eigenvalue weighted by atomic mass is 35.5. The summed E-state index contributed by atoms with van der Waals surface area (Å²) in [5, 5.41) is 5.84. The van der Waals surface area contributed by atoms with E-state index in [1.807, 2.05) is 0 Å². The minimum atomic E-state index is -0.863. The average molecular weight is 626 g/mol. The second kappa shape index (κ2) is 12.0. The Morgan fingerprint density at radius 1 is 1.14 bits per heavy atom. The summed E-state index contributed by atoms with van der Waals surface area (Å²) < 4.78 is 48.0. The van der Waals surface area contributed by atoms with Gasteiger partial charge >= 0.3 is 0 Å². The van der Waals surface area contributed by atoms with Gasteiger partial charge in [-0.05, 0) is 48.0 Å². The van der Waals surface area contributed by atoms with Crippen LogP contribution in [0.25, 0.3) is 5.65 Å². The van der Waals surface area contributed by atoms with E-state index >= 15 is 4.39 Å². The molecule has 0 saturated carbocycles. The van der Waals surface area contributed by atoms with Gasteiger partial charge in [-0.25, -0.2) is 9.37 Å². The van der Waals surface area contributed by atoms with Crippen LogP contribution in [0.2, 0.25) is 5.02 Å². The molecule has 2 aliphatic rings. The summed E-state index contributed by atoms with van der Waals surface area (Å²) in [7, 11) is 1.42. The van der Waals surface area contributed by atoms with E-state index in [0.717, 1.165) is 4.40 Å². The van der Waals surface area contributed by atoms with Gasteiger partial charge in [0.2, 0.25) is 5.95 Å². The SMILES string of the molecule is COc1ccc2cc1OCC(=O)NCc1cc(F)cc(c1)O[C@@H]1CCN(C(=O)c3nc4ccc(Cl)cn4c3F)C[C@@H]1NC2=O. The van der Waals surface area contributed by atoms with Crippen LogP contribution in [-0.2, 0) is 11.3 Å². The summed E-state index contributed by atoms with van der Waals surface area (Å²) in [6, 6.07) is 10.8. The Bertz CT molecular complexity index is 1780. The van der Waals surface area contributed by atoms with Crippen molar-refractivity contribution in [1.29, 1.82) is 0 Å². The standard InChI is InChI=1S/C30H26ClF2N5O6/c1-42-23-4-2-17-10-24(23)43-15-26(39)34-12-16-8-19(32)11-20(9-16)44-22-6-7-37(14-21(22)35-29(17)40)30(41)27-28(33)38-13-18(31)3-5-25(38)36-27/h2-5,8-11,13,21-22H,6-7,12,14-15H2,1H3,(H,34,39)(H,35,40)/t21-,22+/m0/s1. The van der Waals surface area contributed by atoms with Crippen LogP contribution in [0.1, 0.15) is 32.8 Å². The number of hydrogen-bond acceptors (Lipinski definition) is 7. The zero-order valence-corrected chi connectivity index (χ0v) is 24.1. The van der Waals surface area contributed by atoms with Gasteiger partial charge in [-0.2, -0.15) is 4.39 Å². The van der Waals surface area contributed by atoms with Gasteiger partial charge in [0.15, 0.2) is 23.8 Å². The molecule has 2 atom stereocenters. The van der Waals surface area contributed by atoms with Gasteiger partial charge in [0.05, 0.1) is 18.2 Å². The number of pyridine rings is 1. The van der Waals surface area contributed by atoms with Crippen LogP contribution in [-0.4, -0.2) is 71.0 Å². The lowest BCUT2D eigenvalue weighted by molar-refractivity contribution is -0.123. The smallest absolute Gasteiger partial charge is 0.277 e. The van der Waals surface area contributed by atoms with E-state index in [1.54, 1.807) is 6.07 Å². The number of carbonyl (C=O) groups is 3. The molecular formula is C30H26ClF2N5O6. The number of fused-ring (bicyclic) bond motifs is 6. The molecule has 0 spiro atoms. The minimum Gasteiger partial charge on any atom is -0.493 e. The molecule has 4 heterocycles. The maximum atomic E-state index is 15.2. The monoisotopic (exact) mass is 625 g/mol. The maximum absolute atomic E-state index is 15.2. The number of ether oxygens (including phenoxy) is 3. The number of nitrogens with zero attached hydrogens (tertiary/aromatic N) is 3. The van der Waals surface area contributed by atoms with E-state index in [0.29, 0.717) is 11.3 Å². The van der Waals surface area contributed by atoms with Crippen LogP contribution in [0.5, 0.6) is 17.2 Å². The second-order valence-electron chi connectivity index (χ2n) is 10.3. The molecule has 0 aliphatic carbocycles. The highest BCUT2D eigenvalue weighted by Crippen LogP contribution is 2.29. The van der Waals surface area contributed by atoms with E-state index in [4.69, 9.17) is 25.8 Å². The third-order valence-electron chi connectivity index (χ3n) is 7.37. The number of piperidine rings is 1. The van der Waals surface area contributed by atoms with E-state index in [2.05, 4.69) is 15.6 Å². The number of imidazole rings is 1. The van der Waals surface area contributed by atoms with Crippen molar-refractivity contribution < 1.29 is 37.4 Å². The summed E-state index contributed by atoms with van der Waals surface area (Å²) in [6.07, 6.45) is 0.847. The van der Waals surface area contributed by atoms with E-state index in [-0.39, 0.29) is 66.1 Å². The first-order valence-electron chi connectivity index (χ1n) is 13.7. The summed E-state index contributed by atoms with van der Waals surface area (Å²) in [5.41, 5.74) is 0.449. The molecule has 6 rings (SSSR count). The third kappa shape index (κ3) is 5.95. The number of methoxy groups -OCH3 is 1. The number of benzene rings is 2. The number of amides is 3. The van der Waals surface area contributed by atoms with Crippen LogP contribution >= 0.6 is 11.6 Å². The van der Waals surface area contributed by atoms with Gasteiger partial charge in [-0.15, -0.1) is 0 Å². The Balaban J connectivity index is 1.33. The Morgan fingerprint density at radius 2 is 1.98 bits per heavy atom. The molecule has 4 bridgehead atoms. The zero-order valence-electron chi connectivity index (χ0n) is 23.3. The van der Waals surface area contributed by atoms with Gasteiger partial charge < -0.3 is 29.7 Å². The topological polar surface area (TPSA) is 124 Å². The van der Waals surface area contributed by atoms with Crippen molar-refractivity contribution in [2.24, 2.45) is 0 Å². The molecule has 11 nitrogen and oxygen atoms in total. The van der Waals surface area contributed by atoms with Gasteiger partial charge in [-0.3, -0.25) is 18.8 Å². The lowest BCUT2D eigenvalue weighted by Gasteiger charge is -2.38. The number of rotatable bonds is 2. The highest BCUT2D eigenvalue weighted by molar-refractivity contribution is 6.30. The first kappa shape index (κ1) is 29.2. The molecular weight excluding hydrogens is 600 g/mol. The normalized spacial score (nSPS) is 18.9. The fourth-order valence-electron chi connectivity index (χ4n) is 5.21. The summed E-state index contributed by atoms with van der Waals surface area (Å²) in [6.45, 7) is -0.284. The third-order valence-corrected chi connectivity index (χ3v) is 7.60. The molecule has 1 saturated heterocycles. The zero-order chi connectivity index (χ0) is 31.0. The van der Waals surface area contributed by atoms with Crippen molar-refractivity contribution in [3.8, 4) is 17.2 Å². The highest BCUT2D eigenvalue weighted by Gasteiger charge is 2.36. The predicted molar refractivity (Wildman–Crippen MR) is 153 cm³/mol. The molecule has 3 amide bonds. The van der Waals surface area contributed by atoms with Crippen molar-refractivity contribution in [2.45, 2.75) is 25.1 Å². The predicted octanol–water partition coefficient (Wildman–Crippen LogP) is 3.38. The van der Waals surface area contributed by atoms with Crippen LogP contribution in [0.3, 0.4) is 0 Å². The van der Waals surface area contributed by atoms with E-state index < -0.39 is 41.6 Å². The molecule has 44 heavy (non-hydrogen) atoms. The van der Waals surface area contributed by atoms with E-state index in [1.165, 1.54) is 60.7 Å². The minimum absolute atomic E-state index is 0.0103. The van der Waals surface area contributed by atoms with E-state index in [9.17, 15) is 18.8 Å². The van der Waals surface area contributed by atoms with Crippen molar-refractivity contribution in [2.75, 3.05) is 26.8 Å². The first-order valence-corrected chi connectivity index (χ1v) is 14.0. The van der Waals surface area contributed by atoms with Crippen LogP contribution in [0.15, 0.2) is 54.7 Å². The second-order valence-corrected chi connectivity index (χ2v) is 10.8. The van der Waals surface area contributed by atoms with Gasteiger partial charge in [0.25, 0.3) is 17.7 Å². The Morgan fingerprint density at radius 3 is 2.80 bits per heavy atom. The molecule has 4 aromatic rings. The maximum Gasteiger partial charge on any atom is 0.277 e. The molecule has 0 radical (unpaired) electrons. The quantitative estimate of drug-likeness (QED) is 0.350. The molecule has 2 aromatic carbocycles. The molecule has 2 aliphatic heterocycles. The van der Waals surface area contributed by atoms with Gasteiger partial charge in [-0.1, -0.05) is 11.6 Å². The first-order chi connectivity index (χ1) is 21.2. The Hall–Kier alpha value is -4.91. The molecule has 228 valence electrons. The number of likely N-dealkylation sites (tertiary alicyclic amines) is 1. The van der Waals surface area contributed by atoms with Crippen molar-refractivity contribution in [1.82, 2.24) is 24.9 Å². The van der Waals surface area contributed by atoms with Gasteiger partial charge in [0.1, 0.15) is 23.3 Å². The van der Waals surface area contributed by atoms with Gasteiger partial charge in [0, 0.05) is 43.9 Å². The summed E-state index contributed by atoms with van der Waals surface area (Å²) in [5.74, 6) is -2.48. The van der Waals surface area contributed by atoms with Crippen molar-refractivity contribution >= 4 is 35.0 Å². The molecule has 14 heteroatoms. The van der Waals surface area contributed by atoms with Crippen molar-refractivity contribution in [3.63, 3.8) is 0 Å². The fourth-order valence-corrected chi connectivity index (χ4v) is 5.37. The Labute approximate surface area is 254 Å². The molecule has 2 aromatic heterocycles. The largest absolute Gasteiger partial charge is 0.493 e. The number of nitrogens with one attached hydrogen (secondary N) is 2. The lowest BCUT2D eigenvalue weighted by Crippen LogP contribution is -2.58. The lowest BCUT2D eigenvalue weighted by atomic mass is 10.0. The Kier molecular flexibility index (Phi) is 7.95. The summed E-state index contributed by atoms with van der Waals surface area (Å²) in [4.78, 5) is 44.9. The van der Waals surface area contributed by atoms with Crippen LogP contribution in [0, 0.1) is 11.8 Å². The van der Waals surface area contributed by atoms with Crippen LogP contribution < -0.4 is 24.8 Å².